The van der Waals surface area contributed by atoms with Crippen molar-refractivity contribution < 1.29 is 9.66 Å². The van der Waals surface area contributed by atoms with Crippen molar-refractivity contribution in [1.29, 1.82) is 0 Å². The van der Waals surface area contributed by atoms with Gasteiger partial charge in [-0.25, -0.2) is 5.01 Å². The van der Waals surface area contributed by atoms with Crippen molar-refractivity contribution >= 4 is 22.1 Å². The standard InChI is InChI=1S/C24H27N3O3/c1-2-30-20-11-9-19(10-12-20)15-18-25-16-5-6-17-26(25)23-13-14-24(27(28)29)22-8-4-3-7-21(22)23/h3-4,7-14H,2,5-6,15-18H2,1H3. The highest BCUT2D eigenvalue weighted by molar-refractivity contribution is 5.99. The molecule has 0 radical (unpaired) electrons. The third-order valence-electron chi connectivity index (χ3n) is 5.62. The maximum absolute atomic E-state index is 11.5. The van der Waals surface area contributed by atoms with Gasteiger partial charge in [0.1, 0.15) is 5.75 Å². The van der Waals surface area contributed by atoms with Gasteiger partial charge in [0.2, 0.25) is 0 Å². The number of anilines is 1. The molecule has 1 aliphatic rings. The lowest BCUT2D eigenvalue weighted by molar-refractivity contribution is -0.383. The van der Waals surface area contributed by atoms with Gasteiger partial charge in [0, 0.05) is 31.1 Å². The summed E-state index contributed by atoms with van der Waals surface area (Å²) in [5.74, 6) is 0.901. The number of hydrazine groups is 1. The fourth-order valence-electron chi connectivity index (χ4n) is 4.15. The van der Waals surface area contributed by atoms with Crippen LogP contribution >= 0.6 is 0 Å². The summed E-state index contributed by atoms with van der Waals surface area (Å²) in [6.07, 6.45) is 3.21. The maximum Gasteiger partial charge on any atom is 0.277 e. The Labute approximate surface area is 176 Å². The maximum atomic E-state index is 11.5. The second-order valence-corrected chi connectivity index (χ2v) is 7.52. The van der Waals surface area contributed by atoms with Gasteiger partial charge < -0.3 is 9.75 Å². The topological polar surface area (TPSA) is 58.8 Å². The van der Waals surface area contributed by atoms with Crippen molar-refractivity contribution in [1.82, 2.24) is 5.01 Å². The van der Waals surface area contributed by atoms with E-state index in [1.54, 1.807) is 6.07 Å². The van der Waals surface area contributed by atoms with Crippen LogP contribution in [0.1, 0.15) is 25.3 Å². The Morgan fingerprint density at radius 3 is 2.43 bits per heavy atom. The number of non-ortho nitro benzene ring substituents is 1. The number of fused-ring (bicyclic) bond motifs is 1. The van der Waals surface area contributed by atoms with E-state index in [1.165, 1.54) is 5.56 Å². The van der Waals surface area contributed by atoms with Crippen LogP contribution in [0.25, 0.3) is 10.8 Å². The highest BCUT2D eigenvalue weighted by atomic mass is 16.6. The van der Waals surface area contributed by atoms with Crippen LogP contribution in [0.2, 0.25) is 0 Å². The third kappa shape index (κ3) is 4.24. The van der Waals surface area contributed by atoms with E-state index in [4.69, 9.17) is 4.74 Å². The first-order valence-electron chi connectivity index (χ1n) is 10.6. The average Bonchev–Trinajstić information content (AvgIpc) is 2.78. The number of rotatable bonds is 7. The van der Waals surface area contributed by atoms with Crippen molar-refractivity contribution in [2.45, 2.75) is 26.2 Å². The fraction of sp³-hybridized carbons (Fsp3) is 0.333. The summed E-state index contributed by atoms with van der Waals surface area (Å²) in [6.45, 7) is 5.47. The van der Waals surface area contributed by atoms with Gasteiger partial charge in [-0.2, -0.15) is 0 Å². The number of nitro groups is 1. The van der Waals surface area contributed by atoms with E-state index in [0.29, 0.717) is 12.0 Å². The molecule has 3 aromatic carbocycles. The normalized spacial score (nSPS) is 14.8. The number of hydrogen-bond acceptors (Lipinski definition) is 5. The number of nitro benzene ring substituents is 1. The van der Waals surface area contributed by atoms with Crippen molar-refractivity contribution in [3.8, 4) is 5.75 Å². The predicted molar refractivity (Wildman–Crippen MR) is 120 cm³/mol. The fourth-order valence-corrected chi connectivity index (χ4v) is 4.15. The highest BCUT2D eigenvalue weighted by Crippen LogP contribution is 2.35. The molecule has 3 aromatic rings. The molecule has 0 aliphatic carbocycles. The van der Waals surface area contributed by atoms with Crippen LogP contribution in [0.3, 0.4) is 0 Å². The molecule has 6 nitrogen and oxygen atoms in total. The summed E-state index contributed by atoms with van der Waals surface area (Å²) in [7, 11) is 0. The summed E-state index contributed by atoms with van der Waals surface area (Å²) in [5, 5.41) is 17.8. The van der Waals surface area contributed by atoms with Gasteiger partial charge in [-0.15, -0.1) is 0 Å². The molecule has 156 valence electrons. The Bertz CT molecular complexity index is 1020. The van der Waals surface area contributed by atoms with Gasteiger partial charge in [-0.3, -0.25) is 10.1 Å². The molecule has 1 aliphatic heterocycles. The molecule has 1 heterocycles. The molecule has 0 aromatic heterocycles. The number of ether oxygens (including phenoxy) is 1. The number of benzene rings is 3. The lowest BCUT2D eigenvalue weighted by Gasteiger charge is -2.41. The van der Waals surface area contributed by atoms with Gasteiger partial charge in [0.15, 0.2) is 0 Å². The van der Waals surface area contributed by atoms with Crippen LogP contribution in [0.5, 0.6) is 5.75 Å². The molecule has 0 saturated carbocycles. The van der Waals surface area contributed by atoms with Crippen LogP contribution in [0.15, 0.2) is 60.7 Å². The SMILES string of the molecule is CCOc1ccc(CCN2CCCCN2c2ccc([N+](=O)[O-])c3ccccc23)cc1. The predicted octanol–water partition coefficient (Wildman–Crippen LogP) is 5.21. The lowest BCUT2D eigenvalue weighted by atomic mass is 10.1. The van der Waals surface area contributed by atoms with Crippen LogP contribution in [-0.2, 0) is 6.42 Å². The molecule has 0 N–H and O–H groups in total. The van der Waals surface area contributed by atoms with E-state index in [9.17, 15) is 10.1 Å². The zero-order valence-electron chi connectivity index (χ0n) is 17.3. The van der Waals surface area contributed by atoms with Gasteiger partial charge >= 0.3 is 0 Å². The first kappa shape index (κ1) is 20.2. The second kappa shape index (κ2) is 9.13. The molecule has 0 unspecified atom stereocenters. The van der Waals surface area contributed by atoms with E-state index in [-0.39, 0.29) is 10.6 Å². The van der Waals surface area contributed by atoms with Crippen molar-refractivity contribution in [3.63, 3.8) is 0 Å². The zero-order valence-corrected chi connectivity index (χ0v) is 17.3. The monoisotopic (exact) mass is 405 g/mol. The first-order valence-corrected chi connectivity index (χ1v) is 10.6. The molecule has 4 rings (SSSR count). The van der Waals surface area contributed by atoms with E-state index in [0.717, 1.165) is 55.7 Å². The summed E-state index contributed by atoms with van der Waals surface area (Å²) < 4.78 is 5.53. The van der Waals surface area contributed by atoms with Gasteiger partial charge in [0.25, 0.3) is 5.69 Å². The summed E-state index contributed by atoms with van der Waals surface area (Å²) in [5.41, 5.74) is 2.48. The summed E-state index contributed by atoms with van der Waals surface area (Å²) in [4.78, 5) is 11.2. The molecule has 0 atom stereocenters. The Hall–Kier alpha value is -3.12. The van der Waals surface area contributed by atoms with Gasteiger partial charge in [-0.05, 0) is 56.0 Å². The quantitative estimate of drug-likeness (QED) is 0.399. The molecular formula is C24H27N3O3. The number of hydrogen-bond donors (Lipinski definition) is 0. The molecule has 30 heavy (non-hydrogen) atoms. The minimum absolute atomic E-state index is 0.160. The number of nitrogens with zero attached hydrogens (tertiary/aromatic N) is 3. The van der Waals surface area contributed by atoms with Crippen molar-refractivity contribution in [2.24, 2.45) is 0 Å². The average molecular weight is 405 g/mol. The van der Waals surface area contributed by atoms with Crippen molar-refractivity contribution in [3.05, 3.63) is 76.3 Å². The lowest BCUT2D eigenvalue weighted by Crippen LogP contribution is -2.48. The molecule has 0 amide bonds. The smallest absolute Gasteiger partial charge is 0.277 e. The Morgan fingerprint density at radius 1 is 0.967 bits per heavy atom. The van der Waals surface area contributed by atoms with E-state index in [1.807, 2.05) is 49.4 Å². The Kier molecular flexibility index (Phi) is 6.14. The molecular weight excluding hydrogens is 378 g/mol. The summed E-state index contributed by atoms with van der Waals surface area (Å²) in [6, 6.07) is 19.5. The van der Waals surface area contributed by atoms with Crippen LogP contribution in [-0.4, -0.2) is 36.2 Å². The minimum Gasteiger partial charge on any atom is -0.494 e. The second-order valence-electron chi connectivity index (χ2n) is 7.52. The Morgan fingerprint density at radius 2 is 1.70 bits per heavy atom. The molecule has 0 bridgehead atoms. The molecule has 6 heteroatoms. The highest BCUT2D eigenvalue weighted by Gasteiger charge is 2.24. The first-order chi connectivity index (χ1) is 14.7. The van der Waals surface area contributed by atoms with E-state index >= 15 is 0 Å². The molecule has 1 fully saturated rings. The van der Waals surface area contributed by atoms with Gasteiger partial charge in [-0.1, -0.05) is 30.3 Å². The minimum atomic E-state index is -0.300. The van der Waals surface area contributed by atoms with Crippen molar-refractivity contribution in [2.75, 3.05) is 31.3 Å². The van der Waals surface area contributed by atoms with Crippen LogP contribution < -0.4 is 9.75 Å². The van der Waals surface area contributed by atoms with Gasteiger partial charge in [0.05, 0.1) is 22.6 Å². The third-order valence-corrected chi connectivity index (χ3v) is 5.62. The zero-order chi connectivity index (χ0) is 20.9. The largest absolute Gasteiger partial charge is 0.494 e. The molecule has 0 spiro atoms. The van der Waals surface area contributed by atoms with E-state index in [2.05, 4.69) is 22.2 Å². The van der Waals surface area contributed by atoms with E-state index < -0.39 is 0 Å². The molecule has 1 saturated heterocycles. The summed E-state index contributed by atoms with van der Waals surface area (Å²) >= 11 is 0. The van der Waals surface area contributed by atoms with Crippen LogP contribution in [0.4, 0.5) is 11.4 Å². The Balaban J connectivity index is 1.57. The van der Waals surface area contributed by atoms with Crippen LogP contribution in [0, 0.1) is 10.1 Å².